The van der Waals surface area contributed by atoms with Crippen molar-refractivity contribution in [2.75, 3.05) is 14.2 Å². The van der Waals surface area contributed by atoms with Gasteiger partial charge in [0.15, 0.2) is 0 Å². The molecule has 0 saturated heterocycles. The molecular weight excluding hydrogens is 308 g/mol. The smallest absolute Gasteiger partial charge is 0.230 e. The molecule has 0 unspecified atom stereocenters. The molecule has 0 N–H and O–H groups in total. The second-order valence-corrected chi connectivity index (χ2v) is 5.60. The third kappa shape index (κ3) is 2.58. The summed E-state index contributed by atoms with van der Waals surface area (Å²) in [4.78, 5) is 12.7. The number of nitrogens with zero attached hydrogens (tertiary/aromatic N) is 4. The topological polar surface area (TPSA) is 83.2 Å². The minimum Gasteiger partial charge on any atom is -0.497 e. The summed E-state index contributed by atoms with van der Waals surface area (Å²) < 4.78 is 16.2. The van der Waals surface area contributed by atoms with Gasteiger partial charge in [-0.2, -0.15) is 4.98 Å². The van der Waals surface area contributed by atoms with E-state index in [1.165, 1.54) is 0 Å². The Kier molecular flexibility index (Phi) is 3.60. The summed E-state index contributed by atoms with van der Waals surface area (Å²) in [5.74, 6) is 3.19. The molecule has 1 aliphatic rings. The van der Waals surface area contributed by atoms with Crippen LogP contribution in [0.5, 0.6) is 11.5 Å². The Labute approximate surface area is 138 Å². The molecule has 0 aliphatic heterocycles. The quantitative estimate of drug-likeness (QED) is 0.713. The molecule has 3 aromatic rings. The minimum atomic E-state index is 0.184. The van der Waals surface area contributed by atoms with E-state index in [0.717, 1.165) is 23.5 Å². The predicted octanol–water partition coefficient (Wildman–Crippen LogP) is 2.81. The number of hydrogen-bond acceptors (Lipinski definition) is 7. The van der Waals surface area contributed by atoms with Gasteiger partial charge in [-0.05, 0) is 24.6 Å². The van der Waals surface area contributed by atoms with Crippen LogP contribution in [0, 0.1) is 0 Å². The molecule has 1 fully saturated rings. The molecule has 2 aromatic heterocycles. The van der Waals surface area contributed by atoms with E-state index in [1.54, 1.807) is 32.8 Å². The summed E-state index contributed by atoms with van der Waals surface area (Å²) in [7, 11) is 3.32. The van der Waals surface area contributed by atoms with Crippen molar-refractivity contribution in [2.45, 2.75) is 18.3 Å². The van der Waals surface area contributed by atoms with Crippen molar-refractivity contribution in [3.63, 3.8) is 0 Å². The molecule has 2 atom stereocenters. The van der Waals surface area contributed by atoms with Gasteiger partial charge in [0, 0.05) is 29.8 Å². The van der Waals surface area contributed by atoms with Crippen LogP contribution in [0.3, 0.4) is 0 Å². The van der Waals surface area contributed by atoms with Gasteiger partial charge in [0.2, 0.25) is 11.7 Å². The van der Waals surface area contributed by atoms with Crippen LogP contribution in [-0.2, 0) is 0 Å². The number of rotatable bonds is 5. The van der Waals surface area contributed by atoms with E-state index in [4.69, 9.17) is 14.0 Å². The molecule has 0 spiro atoms. The predicted molar refractivity (Wildman–Crippen MR) is 85.0 cm³/mol. The van der Waals surface area contributed by atoms with Gasteiger partial charge in [0.1, 0.15) is 17.2 Å². The SMILES string of the molecule is COc1ccc(OC)c([C@@H]2C[C@@H]2c2nc(-c3cnccn3)no2)c1. The molecule has 1 aromatic carbocycles. The first kappa shape index (κ1) is 14.6. The Bertz CT molecular complexity index is 850. The van der Waals surface area contributed by atoms with Gasteiger partial charge >= 0.3 is 0 Å². The first-order valence-corrected chi connectivity index (χ1v) is 7.62. The average molecular weight is 324 g/mol. The van der Waals surface area contributed by atoms with Crippen LogP contribution in [0.15, 0.2) is 41.3 Å². The van der Waals surface area contributed by atoms with Gasteiger partial charge in [-0.25, -0.2) is 4.98 Å². The van der Waals surface area contributed by atoms with E-state index in [9.17, 15) is 0 Å². The third-order valence-corrected chi connectivity index (χ3v) is 4.18. The second-order valence-electron chi connectivity index (χ2n) is 5.60. The van der Waals surface area contributed by atoms with Crippen LogP contribution >= 0.6 is 0 Å². The lowest BCUT2D eigenvalue weighted by molar-refractivity contribution is 0.376. The van der Waals surface area contributed by atoms with E-state index in [-0.39, 0.29) is 11.8 Å². The zero-order valence-electron chi connectivity index (χ0n) is 13.3. The van der Waals surface area contributed by atoms with Crippen LogP contribution in [-0.4, -0.2) is 34.3 Å². The Morgan fingerprint density at radius 3 is 2.79 bits per heavy atom. The Hall–Kier alpha value is -2.96. The van der Waals surface area contributed by atoms with Gasteiger partial charge in [0.25, 0.3) is 0 Å². The van der Waals surface area contributed by atoms with Crippen LogP contribution in [0.25, 0.3) is 11.5 Å². The van der Waals surface area contributed by atoms with E-state index < -0.39 is 0 Å². The van der Waals surface area contributed by atoms with Crippen molar-refractivity contribution >= 4 is 0 Å². The van der Waals surface area contributed by atoms with Crippen molar-refractivity contribution < 1.29 is 14.0 Å². The molecule has 7 heteroatoms. The molecule has 2 heterocycles. The van der Waals surface area contributed by atoms with Gasteiger partial charge < -0.3 is 14.0 Å². The highest BCUT2D eigenvalue weighted by Gasteiger charge is 2.45. The minimum absolute atomic E-state index is 0.184. The maximum Gasteiger partial charge on any atom is 0.230 e. The lowest BCUT2D eigenvalue weighted by Gasteiger charge is -2.09. The highest BCUT2D eigenvalue weighted by molar-refractivity contribution is 5.48. The lowest BCUT2D eigenvalue weighted by atomic mass is 10.1. The first-order valence-electron chi connectivity index (χ1n) is 7.62. The summed E-state index contributed by atoms with van der Waals surface area (Å²) in [6.45, 7) is 0. The number of ether oxygens (including phenoxy) is 2. The summed E-state index contributed by atoms with van der Waals surface area (Å²) in [6, 6.07) is 5.81. The zero-order valence-corrected chi connectivity index (χ0v) is 13.3. The highest BCUT2D eigenvalue weighted by atomic mass is 16.5. The van der Waals surface area contributed by atoms with Crippen LogP contribution in [0.4, 0.5) is 0 Å². The normalized spacial score (nSPS) is 19.1. The van der Waals surface area contributed by atoms with E-state index in [2.05, 4.69) is 20.1 Å². The highest BCUT2D eigenvalue weighted by Crippen LogP contribution is 2.56. The molecule has 1 saturated carbocycles. The number of benzene rings is 1. The van der Waals surface area contributed by atoms with Crippen molar-refractivity contribution in [2.24, 2.45) is 0 Å². The lowest BCUT2D eigenvalue weighted by Crippen LogP contribution is -1.93. The molecule has 122 valence electrons. The molecule has 0 radical (unpaired) electrons. The number of aromatic nitrogens is 4. The van der Waals surface area contributed by atoms with Crippen LogP contribution in [0.1, 0.15) is 29.7 Å². The molecule has 0 bridgehead atoms. The van der Waals surface area contributed by atoms with Crippen molar-refractivity contribution in [3.8, 4) is 23.0 Å². The summed E-state index contributed by atoms with van der Waals surface area (Å²) in [5, 5.41) is 4.01. The Morgan fingerprint density at radius 1 is 1.12 bits per heavy atom. The van der Waals surface area contributed by atoms with Gasteiger partial charge in [-0.15, -0.1) is 0 Å². The average Bonchev–Trinajstić information content (AvgIpc) is 3.29. The third-order valence-electron chi connectivity index (χ3n) is 4.18. The summed E-state index contributed by atoms with van der Waals surface area (Å²) in [5.41, 5.74) is 1.70. The second kappa shape index (κ2) is 5.92. The fourth-order valence-corrected chi connectivity index (χ4v) is 2.85. The van der Waals surface area contributed by atoms with Crippen molar-refractivity contribution in [1.82, 2.24) is 20.1 Å². The van der Waals surface area contributed by atoms with Crippen molar-refractivity contribution in [3.05, 3.63) is 48.2 Å². The monoisotopic (exact) mass is 324 g/mol. The molecule has 7 nitrogen and oxygen atoms in total. The maximum atomic E-state index is 5.46. The van der Waals surface area contributed by atoms with Crippen molar-refractivity contribution in [1.29, 1.82) is 0 Å². The Balaban J connectivity index is 1.58. The van der Waals surface area contributed by atoms with Crippen LogP contribution < -0.4 is 9.47 Å². The summed E-state index contributed by atoms with van der Waals surface area (Å²) >= 11 is 0. The number of hydrogen-bond donors (Lipinski definition) is 0. The Morgan fingerprint density at radius 2 is 2.04 bits per heavy atom. The molecule has 24 heavy (non-hydrogen) atoms. The van der Waals surface area contributed by atoms with Gasteiger partial charge in [-0.3, -0.25) is 4.98 Å². The van der Waals surface area contributed by atoms with E-state index in [1.807, 2.05) is 18.2 Å². The van der Waals surface area contributed by atoms with Crippen LogP contribution in [0.2, 0.25) is 0 Å². The van der Waals surface area contributed by atoms with Gasteiger partial charge in [0.05, 0.1) is 20.4 Å². The zero-order chi connectivity index (χ0) is 16.5. The first-order chi connectivity index (χ1) is 11.8. The largest absolute Gasteiger partial charge is 0.497 e. The standard InChI is InChI=1S/C17H16N4O3/c1-22-10-3-4-15(23-2)12(7-10)11-8-13(11)17-20-16(21-24-17)14-9-18-5-6-19-14/h3-7,9,11,13H,8H2,1-2H3/t11-,13-/m0/s1. The summed E-state index contributed by atoms with van der Waals surface area (Å²) in [6.07, 6.45) is 5.76. The maximum absolute atomic E-state index is 5.46. The fraction of sp³-hybridized carbons (Fsp3) is 0.294. The van der Waals surface area contributed by atoms with Gasteiger partial charge in [-0.1, -0.05) is 5.16 Å². The molecule has 4 rings (SSSR count). The number of methoxy groups -OCH3 is 2. The van der Waals surface area contributed by atoms with E-state index in [0.29, 0.717) is 17.4 Å². The van der Waals surface area contributed by atoms with E-state index >= 15 is 0 Å². The molecule has 0 amide bonds. The fourth-order valence-electron chi connectivity index (χ4n) is 2.85. The molecule has 1 aliphatic carbocycles. The molecular formula is C17H16N4O3.